The summed E-state index contributed by atoms with van der Waals surface area (Å²) in [6.45, 7) is 2.86. The molecule has 3 heterocycles. The van der Waals surface area contributed by atoms with Crippen LogP contribution in [-0.4, -0.2) is 37.6 Å². The lowest BCUT2D eigenvalue weighted by atomic mass is 10.0. The van der Waals surface area contributed by atoms with Crippen LogP contribution in [0.25, 0.3) is 5.65 Å². The molecular weight excluding hydrogens is 256 g/mol. The molecule has 0 aliphatic carbocycles. The molecule has 6 heteroatoms. The van der Waals surface area contributed by atoms with E-state index in [9.17, 15) is 9.59 Å². The van der Waals surface area contributed by atoms with E-state index in [0.29, 0.717) is 5.65 Å². The van der Waals surface area contributed by atoms with E-state index in [2.05, 4.69) is 12.0 Å². The number of rotatable bonds is 2. The monoisotopic (exact) mass is 274 g/mol. The Bertz CT molecular complexity index is 688. The van der Waals surface area contributed by atoms with Crippen molar-refractivity contribution in [2.75, 3.05) is 6.54 Å². The lowest BCUT2D eigenvalue weighted by Gasteiger charge is -2.33. The van der Waals surface area contributed by atoms with E-state index in [1.165, 1.54) is 15.5 Å². The van der Waals surface area contributed by atoms with Crippen molar-refractivity contribution < 1.29 is 4.79 Å². The van der Waals surface area contributed by atoms with Crippen molar-refractivity contribution in [1.82, 2.24) is 19.1 Å². The maximum absolute atomic E-state index is 12.3. The van der Waals surface area contributed by atoms with Crippen LogP contribution in [-0.2, 0) is 11.3 Å². The third-order valence-corrected chi connectivity index (χ3v) is 3.90. The van der Waals surface area contributed by atoms with Crippen LogP contribution < -0.4 is 5.69 Å². The SMILES string of the molecule is CC1CCCCN1C(=O)Cn1nc2ccccn2c1=O. The molecule has 0 aromatic carbocycles. The lowest BCUT2D eigenvalue weighted by Crippen LogP contribution is -2.44. The second-order valence-electron chi connectivity index (χ2n) is 5.30. The average Bonchev–Trinajstić information content (AvgIpc) is 2.76. The number of pyridine rings is 1. The second kappa shape index (κ2) is 5.11. The van der Waals surface area contributed by atoms with Gasteiger partial charge in [-0.15, -0.1) is 5.10 Å². The van der Waals surface area contributed by atoms with Gasteiger partial charge in [-0.1, -0.05) is 6.07 Å². The number of amides is 1. The number of carbonyl (C=O) groups excluding carboxylic acids is 1. The molecule has 1 aliphatic heterocycles. The van der Waals surface area contributed by atoms with Crippen LogP contribution in [0.2, 0.25) is 0 Å². The zero-order valence-electron chi connectivity index (χ0n) is 11.5. The van der Waals surface area contributed by atoms with E-state index in [-0.39, 0.29) is 24.2 Å². The molecule has 0 spiro atoms. The number of piperidine rings is 1. The third kappa shape index (κ3) is 2.21. The molecule has 2 aromatic heterocycles. The van der Waals surface area contributed by atoms with Gasteiger partial charge in [0.1, 0.15) is 6.54 Å². The van der Waals surface area contributed by atoms with Crippen molar-refractivity contribution in [3.63, 3.8) is 0 Å². The number of hydrogen-bond acceptors (Lipinski definition) is 3. The van der Waals surface area contributed by atoms with Crippen LogP contribution in [0, 0.1) is 0 Å². The number of aromatic nitrogens is 3. The van der Waals surface area contributed by atoms with Gasteiger partial charge in [-0.2, -0.15) is 0 Å². The van der Waals surface area contributed by atoms with Gasteiger partial charge < -0.3 is 4.90 Å². The van der Waals surface area contributed by atoms with Gasteiger partial charge in [-0.05, 0) is 38.3 Å². The third-order valence-electron chi connectivity index (χ3n) is 3.90. The molecule has 1 aliphatic rings. The standard InChI is InChI=1S/C14H18N4O2/c1-11-6-2-4-8-16(11)13(19)10-18-14(20)17-9-5-3-7-12(17)15-18/h3,5,7,9,11H,2,4,6,8,10H2,1H3. The van der Waals surface area contributed by atoms with Crippen LogP contribution in [0.5, 0.6) is 0 Å². The molecule has 1 atom stereocenters. The Hall–Kier alpha value is -2.11. The summed E-state index contributed by atoms with van der Waals surface area (Å²) >= 11 is 0. The number of carbonyl (C=O) groups is 1. The van der Waals surface area contributed by atoms with Crippen LogP contribution in [0.4, 0.5) is 0 Å². The Balaban J connectivity index is 1.84. The molecule has 1 fully saturated rings. The fourth-order valence-corrected chi connectivity index (χ4v) is 2.76. The quantitative estimate of drug-likeness (QED) is 0.817. The molecule has 1 amide bonds. The van der Waals surface area contributed by atoms with Crippen LogP contribution in [0.1, 0.15) is 26.2 Å². The molecule has 1 unspecified atom stereocenters. The topological polar surface area (TPSA) is 59.6 Å². The number of fused-ring (bicyclic) bond motifs is 1. The predicted octanol–water partition coefficient (Wildman–Crippen LogP) is 0.897. The highest BCUT2D eigenvalue weighted by Gasteiger charge is 2.24. The molecule has 3 rings (SSSR count). The minimum absolute atomic E-state index is 0.0187. The summed E-state index contributed by atoms with van der Waals surface area (Å²) in [4.78, 5) is 26.3. The highest BCUT2D eigenvalue weighted by atomic mass is 16.2. The summed E-state index contributed by atoms with van der Waals surface area (Å²) < 4.78 is 2.70. The van der Waals surface area contributed by atoms with Gasteiger partial charge in [0, 0.05) is 18.8 Å². The zero-order chi connectivity index (χ0) is 14.1. The van der Waals surface area contributed by atoms with Gasteiger partial charge in [0.2, 0.25) is 5.91 Å². The number of hydrogen-bond donors (Lipinski definition) is 0. The van der Waals surface area contributed by atoms with Crippen LogP contribution >= 0.6 is 0 Å². The van der Waals surface area contributed by atoms with E-state index < -0.39 is 0 Å². The maximum Gasteiger partial charge on any atom is 0.350 e. The van der Waals surface area contributed by atoms with Crippen LogP contribution in [0.3, 0.4) is 0 Å². The summed E-state index contributed by atoms with van der Waals surface area (Å²) in [5.74, 6) is -0.0253. The molecule has 0 bridgehead atoms. The van der Waals surface area contributed by atoms with Crippen molar-refractivity contribution in [1.29, 1.82) is 0 Å². The first-order chi connectivity index (χ1) is 9.66. The first kappa shape index (κ1) is 12.9. The average molecular weight is 274 g/mol. The molecule has 1 saturated heterocycles. The van der Waals surface area contributed by atoms with E-state index in [1.54, 1.807) is 18.3 Å². The minimum Gasteiger partial charge on any atom is -0.338 e. The lowest BCUT2D eigenvalue weighted by molar-refractivity contribution is -0.135. The van der Waals surface area contributed by atoms with Gasteiger partial charge in [-0.25, -0.2) is 9.48 Å². The largest absolute Gasteiger partial charge is 0.350 e. The molecule has 0 N–H and O–H groups in total. The van der Waals surface area contributed by atoms with Gasteiger partial charge >= 0.3 is 5.69 Å². The zero-order valence-corrected chi connectivity index (χ0v) is 11.5. The first-order valence-electron chi connectivity index (χ1n) is 7.00. The van der Waals surface area contributed by atoms with Crippen molar-refractivity contribution in [3.8, 4) is 0 Å². The Labute approximate surface area is 116 Å². The Morgan fingerprint density at radius 2 is 2.25 bits per heavy atom. The highest BCUT2D eigenvalue weighted by Crippen LogP contribution is 2.16. The van der Waals surface area contributed by atoms with Crippen molar-refractivity contribution in [2.24, 2.45) is 0 Å². The van der Waals surface area contributed by atoms with E-state index in [1.807, 2.05) is 11.0 Å². The Kier molecular flexibility index (Phi) is 3.30. The summed E-state index contributed by atoms with van der Waals surface area (Å²) in [5.41, 5.74) is 0.301. The summed E-state index contributed by atoms with van der Waals surface area (Å²) in [6, 6.07) is 5.60. The molecule has 106 valence electrons. The van der Waals surface area contributed by atoms with E-state index in [4.69, 9.17) is 0 Å². The normalized spacial score (nSPS) is 19.4. The predicted molar refractivity (Wildman–Crippen MR) is 74.5 cm³/mol. The molecule has 0 saturated carbocycles. The van der Waals surface area contributed by atoms with Gasteiger partial charge in [0.05, 0.1) is 0 Å². The summed E-state index contributed by atoms with van der Waals surface area (Å²) in [6.07, 6.45) is 4.90. The van der Waals surface area contributed by atoms with Crippen molar-refractivity contribution in [2.45, 2.75) is 38.8 Å². The smallest absolute Gasteiger partial charge is 0.338 e. The Morgan fingerprint density at radius 3 is 3.00 bits per heavy atom. The molecule has 6 nitrogen and oxygen atoms in total. The first-order valence-corrected chi connectivity index (χ1v) is 7.00. The Morgan fingerprint density at radius 1 is 1.40 bits per heavy atom. The fraction of sp³-hybridized carbons (Fsp3) is 0.500. The summed E-state index contributed by atoms with van der Waals surface area (Å²) in [7, 11) is 0. The molecule has 0 radical (unpaired) electrons. The fourth-order valence-electron chi connectivity index (χ4n) is 2.76. The van der Waals surface area contributed by atoms with Gasteiger partial charge in [0.15, 0.2) is 5.65 Å². The maximum atomic E-state index is 12.3. The van der Waals surface area contributed by atoms with E-state index in [0.717, 1.165) is 19.4 Å². The summed E-state index contributed by atoms with van der Waals surface area (Å²) in [5, 5.41) is 4.19. The molecule has 20 heavy (non-hydrogen) atoms. The van der Waals surface area contributed by atoms with E-state index >= 15 is 0 Å². The second-order valence-corrected chi connectivity index (χ2v) is 5.30. The van der Waals surface area contributed by atoms with Crippen molar-refractivity contribution in [3.05, 3.63) is 34.9 Å². The van der Waals surface area contributed by atoms with Crippen LogP contribution in [0.15, 0.2) is 29.2 Å². The molecule has 2 aromatic rings. The highest BCUT2D eigenvalue weighted by molar-refractivity contribution is 5.76. The molecular formula is C14H18N4O2. The van der Waals surface area contributed by atoms with Gasteiger partial charge in [0.25, 0.3) is 0 Å². The number of likely N-dealkylation sites (tertiary alicyclic amines) is 1. The van der Waals surface area contributed by atoms with Gasteiger partial charge in [-0.3, -0.25) is 9.20 Å². The van der Waals surface area contributed by atoms with Crippen molar-refractivity contribution >= 4 is 11.6 Å². The number of nitrogens with zero attached hydrogens (tertiary/aromatic N) is 4. The minimum atomic E-state index is -0.265.